The highest BCUT2D eigenvalue weighted by atomic mass is 16.3. The first kappa shape index (κ1) is 9.78. The Labute approximate surface area is 90.0 Å². The summed E-state index contributed by atoms with van der Waals surface area (Å²) in [5.74, 6) is 0.312. The third-order valence-electron chi connectivity index (χ3n) is 2.54. The third kappa shape index (κ3) is 2.01. The first-order chi connectivity index (χ1) is 7.16. The largest absolute Gasteiger partial charge is 0.508 e. The van der Waals surface area contributed by atoms with Crippen molar-refractivity contribution >= 4 is 0 Å². The van der Waals surface area contributed by atoms with Crippen molar-refractivity contribution in [3.05, 3.63) is 53.6 Å². The smallest absolute Gasteiger partial charge is 0.116 e. The molecular formula is C14H14O. The normalized spacial score (nSPS) is 10.3. The summed E-state index contributed by atoms with van der Waals surface area (Å²) in [6.07, 6.45) is 0. The van der Waals surface area contributed by atoms with E-state index in [2.05, 4.69) is 32.0 Å². The van der Waals surface area contributed by atoms with Crippen LogP contribution >= 0.6 is 0 Å². The fourth-order valence-corrected chi connectivity index (χ4v) is 1.81. The maximum Gasteiger partial charge on any atom is 0.116 e. The molecule has 0 unspecified atom stereocenters. The molecule has 0 bridgehead atoms. The van der Waals surface area contributed by atoms with E-state index in [1.807, 2.05) is 12.1 Å². The van der Waals surface area contributed by atoms with E-state index >= 15 is 0 Å². The van der Waals surface area contributed by atoms with E-state index in [-0.39, 0.29) is 0 Å². The van der Waals surface area contributed by atoms with Crippen molar-refractivity contribution in [3.8, 4) is 16.9 Å². The van der Waals surface area contributed by atoms with Gasteiger partial charge in [0.2, 0.25) is 0 Å². The zero-order valence-electron chi connectivity index (χ0n) is 8.99. The standard InChI is InChI=1S/C14H14O/c1-10-6-7-14(11(2)8-10)12-4-3-5-13(15)9-12/h3-9,15H,1-2H3. The lowest BCUT2D eigenvalue weighted by Crippen LogP contribution is -1.84. The van der Waals surface area contributed by atoms with Crippen molar-refractivity contribution in [2.24, 2.45) is 0 Å². The van der Waals surface area contributed by atoms with Gasteiger partial charge in [-0.25, -0.2) is 0 Å². The van der Waals surface area contributed by atoms with Gasteiger partial charge < -0.3 is 5.11 Å². The number of aryl methyl sites for hydroxylation is 2. The molecule has 0 amide bonds. The second-order valence-electron chi connectivity index (χ2n) is 3.87. The van der Waals surface area contributed by atoms with E-state index in [0.29, 0.717) is 5.75 Å². The fourth-order valence-electron chi connectivity index (χ4n) is 1.81. The summed E-state index contributed by atoms with van der Waals surface area (Å²) in [5, 5.41) is 9.42. The van der Waals surface area contributed by atoms with E-state index in [0.717, 1.165) is 5.56 Å². The molecule has 0 saturated carbocycles. The second kappa shape index (κ2) is 3.77. The summed E-state index contributed by atoms with van der Waals surface area (Å²) >= 11 is 0. The summed E-state index contributed by atoms with van der Waals surface area (Å²) in [6, 6.07) is 13.7. The Bertz CT molecular complexity index is 486. The Hall–Kier alpha value is -1.76. The van der Waals surface area contributed by atoms with Gasteiger partial charge in [-0.2, -0.15) is 0 Å². The van der Waals surface area contributed by atoms with Crippen molar-refractivity contribution in [2.45, 2.75) is 13.8 Å². The second-order valence-corrected chi connectivity index (χ2v) is 3.87. The lowest BCUT2D eigenvalue weighted by molar-refractivity contribution is 0.475. The highest BCUT2D eigenvalue weighted by Crippen LogP contribution is 2.26. The van der Waals surface area contributed by atoms with Gasteiger partial charge >= 0.3 is 0 Å². The molecular weight excluding hydrogens is 184 g/mol. The summed E-state index contributed by atoms with van der Waals surface area (Å²) in [4.78, 5) is 0. The number of hydrogen-bond acceptors (Lipinski definition) is 1. The van der Waals surface area contributed by atoms with Crippen molar-refractivity contribution in [3.63, 3.8) is 0 Å². The van der Waals surface area contributed by atoms with Gasteiger partial charge in [-0.1, -0.05) is 35.9 Å². The number of rotatable bonds is 1. The third-order valence-corrected chi connectivity index (χ3v) is 2.54. The molecule has 1 N–H and O–H groups in total. The molecule has 15 heavy (non-hydrogen) atoms. The quantitative estimate of drug-likeness (QED) is 0.741. The van der Waals surface area contributed by atoms with Gasteiger partial charge in [0.15, 0.2) is 0 Å². The molecule has 1 nitrogen and oxygen atoms in total. The fraction of sp³-hybridized carbons (Fsp3) is 0.143. The van der Waals surface area contributed by atoms with Crippen LogP contribution in [0, 0.1) is 13.8 Å². The topological polar surface area (TPSA) is 20.2 Å². The Morgan fingerprint density at radius 3 is 2.40 bits per heavy atom. The first-order valence-corrected chi connectivity index (χ1v) is 5.03. The molecule has 0 radical (unpaired) electrons. The number of hydrogen-bond donors (Lipinski definition) is 1. The average Bonchev–Trinajstić information content (AvgIpc) is 2.17. The predicted octanol–water partition coefficient (Wildman–Crippen LogP) is 3.68. The van der Waals surface area contributed by atoms with Gasteiger partial charge in [-0.3, -0.25) is 0 Å². The molecule has 1 heteroatoms. The zero-order chi connectivity index (χ0) is 10.8. The van der Waals surface area contributed by atoms with Crippen molar-refractivity contribution in [1.29, 1.82) is 0 Å². The lowest BCUT2D eigenvalue weighted by Gasteiger charge is -2.07. The van der Waals surface area contributed by atoms with Gasteiger partial charge in [-0.05, 0) is 42.7 Å². The molecule has 0 heterocycles. The van der Waals surface area contributed by atoms with Crippen LogP contribution in [0.15, 0.2) is 42.5 Å². The molecule has 2 aromatic carbocycles. The molecule has 0 spiro atoms. The minimum atomic E-state index is 0.312. The van der Waals surface area contributed by atoms with Crippen LogP contribution in [-0.4, -0.2) is 5.11 Å². The maximum absolute atomic E-state index is 9.42. The van der Waals surface area contributed by atoms with Crippen molar-refractivity contribution in [1.82, 2.24) is 0 Å². The molecule has 2 aromatic rings. The van der Waals surface area contributed by atoms with Crippen LogP contribution in [0.4, 0.5) is 0 Å². The molecule has 76 valence electrons. The highest BCUT2D eigenvalue weighted by molar-refractivity contribution is 5.68. The van der Waals surface area contributed by atoms with Crippen LogP contribution in [0.1, 0.15) is 11.1 Å². The van der Waals surface area contributed by atoms with Crippen LogP contribution < -0.4 is 0 Å². The van der Waals surface area contributed by atoms with E-state index < -0.39 is 0 Å². The molecule has 0 saturated heterocycles. The minimum absolute atomic E-state index is 0.312. The van der Waals surface area contributed by atoms with E-state index in [1.54, 1.807) is 12.1 Å². The molecule has 0 aromatic heterocycles. The summed E-state index contributed by atoms with van der Waals surface area (Å²) in [7, 11) is 0. The Balaban J connectivity index is 2.54. The predicted molar refractivity (Wildman–Crippen MR) is 63.0 cm³/mol. The van der Waals surface area contributed by atoms with Gasteiger partial charge in [0, 0.05) is 0 Å². The van der Waals surface area contributed by atoms with Gasteiger partial charge in [-0.15, -0.1) is 0 Å². The Morgan fingerprint density at radius 2 is 1.73 bits per heavy atom. The van der Waals surface area contributed by atoms with Gasteiger partial charge in [0.25, 0.3) is 0 Å². The minimum Gasteiger partial charge on any atom is -0.508 e. The van der Waals surface area contributed by atoms with Crippen LogP contribution in [0.25, 0.3) is 11.1 Å². The van der Waals surface area contributed by atoms with Gasteiger partial charge in [0.1, 0.15) is 5.75 Å². The van der Waals surface area contributed by atoms with Crippen LogP contribution in [-0.2, 0) is 0 Å². The zero-order valence-corrected chi connectivity index (χ0v) is 8.99. The van der Waals surface area contributed by atoms with Crippen LogP contribution in [0.5, 0.6) is 5.75 Å². The summed E-state index contributed by atoms with van der Waals surface area (Å²) in [6.45, 7) is 4.17. The monoisotopic (exact) mass is 198 g/mol. The maximum atomic E-state index is 9.42. The lowest BCUT2D eigenvalue weighted by atomic mass is 9.99. The molecule has 2 rings (SSSR count). The molecule has 0 aliphatic heterocycles. The molecule has 0 fully saturated rings. The summed E-state index contributed by atoms with van der Waals surface area (Å²) < 4.78 is 0. The van der Waals surface area contributed by atoms with Crippen molar-refractivity contribution < 1.29 is 5.11 Å². The van der Waals surface area contributed by atoms with E-state index in [1.165, 1.54) is 16.7 Å². The number of phenolic OH excluding ortho intramolecular Hbond substituents is 1. The van der Waals surface area contributed by atoms with E-state index in [9.17, 15) is 5.11 Å². The Kier molecular flexibility index (Phi) is 2.46. The van der Waals surface area contributed by atoms with Crippen LogP contribution in [0.2, 0.25) is 0 Å². The highest BCUT2D eigenvalue weighted by Gasteiger charge is 2.02. The average molecular weight is 198 g/mol. The Morgan fingerprint density at radius 1 is 0.933 bits per heavy atom. The van der Waals surface area contributed by atoms with Crippen LogP contribution in [0.3, 0.4) is 0 Å². The summed E-state index contributed by atoms with van der Waals surface area (Å²) in [5.41, 5.74) is 4.74. The number of benzene rings is 2. The van der Waals surface area contributed by atoms with Gasteiger partial charge in [0.05, 0.1) is 0 Å². The number of aromatic hydroxyl groups is 1. The van der Waals surface area contributed by atoms with E-state index in [4.69, 9.17) is 0 Å². The molecule has 0 aliphatic rings. The first-order valence-electron chi connectivity index (χ1n) is 5.03. The molecule has 0 aliphatic carbocycles. The number of phenols is 1. The SMILES string of the molecule is Cc1ccc(-c2cccc(O)c2)c(C)c1. The molecule has 0 atom stereocenters. The van der Waals surface area contributed by atoms with Crippen molar-refractivity contribution in [2.75, 3.05) is 0 Å².